The molecular weight excluding hydrogens is 108 g/mol. The molecule has 0 rings (SSSR count). The lowest BCUT2D eigenvalue weighted by atomic mass is 10.5. The Labute approximate surface area is 49.3 Å². The second kappa shape index (κ2) is 2.93. The Bertz CT molecular complexity index is 70.1. The van der Waals surface area contributed by atoms with E-state index in [1.165, 1.54) is 5.01 Å². The second-order valence-corrected chi connectivity index (χ2v) is 1.83. The van der Waals surface area contributed by atoms with Crippen molar-refractivity contribution in [3.63, 3.8) is 0 Å². The van der Waals surface area contributed by atoms with Gasteiger partial charge in [0.15, 0.2) is 0 Å². The molecule has 0 bridgehead atoms. The number of hydrogen-bond donors (Lipinski definition) is 1. The van der Waals surface area contributed by atoms with Crippen LogP contribution in [0.2, 0.25) is 0 Å². The summed E-state index contributed by atoms with van der Waals surface area (Å²) in [6.07, 6.45) is 0.850. The fourth-order valence-corrected chi connectivity index (χ4v) is 0.249. The van der Waals surface area contributed by atoms with Gasteiger partial charge in [-0.3, -0.25) is 0 Å². The Kier molecular flexibility index (Phi) is 2.87. The molecule has 0 saturated heterocycles. The highest BCUT2D eigenvalue weighted by Crippen LogP contribution is 1.83. The van der Waals surface area contributed by atoms with Crippen LogP contribution in [-0.4, -0.2) is 17.0 Å². The molecule has 0 spiro atoms. The minimum absolute atomic E-state index is 0.792. The van der Waals surface area contributed by atoms with E-state index in [1.807, 2.05) is 6.92 Å². The van der Waals surface area contributed by atoms with E-state index < -0.39 is 0 Å². The molecule has 0 aliphatic heterocycles. The summed E-state index contributed by atoms with van der Waals surface area (Å²) >= 11 is 4.78. The van der Waals surface area contributed by atoms with Gasteiger partial charge in [-0.25, -0.2) is 5.84 Å². The molecule has 0 fully saturated rings. The van der Waals surface area contributed by atoms with Gasteiger partial charge in [-0.15, -0.1) is 0 Å². The summed E-state index contributed by atoms with van der Waals surface area (Å²) < 4.78 is 0. The number of rotatable bonds is 1. The number of nitrogens with two attached hydrogens (primary N) is 1. The van der Waals surface area contributed by atoms with Crippen molar-refractivity contribution >= 4 is 17.2 Å². The van der Waals surface area contributed by atoms with E-state index in [0.717, 1.165) is 11.4 Å². The fraction of sp³-hybridized carbons (Fsp3) is 0.750. The van der Waals surface area contributed by atoms with Crippen molar-refractivity contribution in [3.8, 4) is 0 Å². The summed E-state index contributed by atoms with van der Waals surface area (Å²) in [5, 5.41) is 1.45. The van der Waals surface area contributed by atoms with E-state index in [4.69, 9.17) is 18.1 Å². The summed E-state index contributed by atoms with van der Waals surface area (Å²) in [4.78, 5) is 0.792. The van der Waals surface area contributed by atoms with E-state index in [-0.39, 0.29) is 0 Å². The predicted octanol–water partition coefficient (Wildman–Crippen LogP) is 0.529. The van der Waals surface area contributed by atoms with E-state index in [9.17, 15) is 0 Å². The van der Waals surface area contributed by atoms with Crippen LogP contribution < -0.4 is 5.84 Å². The molecule has 0 amide bonds. The van der Waals surface area contributed by atoms with Crippen molar-refractivity contribution in [1.82, 2.24) is 5.01 Å². The molecule has 42 valence electrons. The van der Waals surface area contributed by atoms with Gasteiger partial charge in [-0.05, 0) is 6.42 Å². The zero-order chi connectivity index (χ0) is 5.86. The lowest BCUT2D eigenvalue weighted by Crippen LogP contribution is -2.30. The van der Waals surface area contributed by atoms with E-state index in [2.05, 4.69) is 0 Å². The number of hydrazine groups is 1. The molecule has 0 radical (unpaired) electrons. The van der Waals surface area contributed by atoms with Crippen LogP contribution in [0, 0.1) is 0 Å². The molecule has 0 atom stereocenters. The SMILES string of the molecule is CCC(=S)N(C)N. The van der Waals surface area contributed by atoms with E-state index >= 15 is 0 Å². The Morgan fingerprint density at radius 2 is 2.29 bits per heavy atom. The molecule has 0 aromatic rings. The monoisotopic (exact) mass is 118 g/mol. The third-order valence-electron chi connectivity index (χ3n) is 0.696. The van der Waals surface area contributed by atoms with Crippen LogP contribution in [0.5, 0.6) is 0 Å². The summed E-state index contributed by atoms with van der Waals surface area (Å²) in [6.45, 7) is 1.98. The van der Waals surface area contributed by atoms with Crippen LogP contribution in [0.15, 0.2) is 0 Å². The Balaban J connectivity index is 3.35. The van der Waals surface area contributed by atoms with Crippen LogP contribution in [0.3, 0.4) is 0 Å². The molecule has 0 aliphatic carbocycles. The van der Waals surface area contributed by atoms with Crippen LogP contribution >= 0.6 is 12.2 Å². The zero-order valence-electron chi connectivity index (χ0n) is 4.64. The Hall–Kier alpha value is -0.150. The average Bonchev–Trinajstić information content (AvgIpc) is 1.65. The lowest BCUT2D eigenvalue weighted by molar-refractivity contribution is 0.539. The minimum atomic E-state index is 0.792. The molecule has 2 nitrogen and oxygen atoms in total. The third kappa shape index (κ3) is 2.53. The van der Waals surface area contributed by atoms with Crippen molar-refractivity contribution < 1.29 is 0 Å². The predicted molar refractivity (Wildman–Crippen MR) is 34.8 cm³/mol. The Morgan fingerprint density at radius 3 is 2.29 bits per heavy atom. The molecule has 3 heteroatoms. The van der Waals surface area contributed by atoms with Gasteiger partial charge in [0.05, 0.1) is 4.99 Å². The van der Waals surface area contributed by atoms with Crippen molar-refractivity contribution in [1.29, 1.82) is 0 Å². The quantitative estimate of drug-likeness (QED) is 0.309. The van der Waals surface area contributed by atoms with Crippen molar-refractivity contribution in [2.75, 3.05) is 7.05 Å². The van der Waals surface area contributed by atoms with Gasteiger partial charge in [0.2, 0.25) is 0 Å². The second-order valence-electron chi connectivity index (χ2n) is 1.36. The van der Waals surface area contributed by atoms with E-state index in [0.29, 0.717) is 0 Å². The standard InChI is InChI=1S/C4H10N2S/c1-3-4(7)6(2)5/h3,5H2,1-2H3. The van der Waals surface area contributed by atoms with Crippen LogP contribution in [0.4, 0.5) is 0 Å². The molecule has 0 unspecified atom stereocenters. The molecule has 7 heavy (non-hydrogen) atoms. The van der Waals surface area contributed by atoms with Gasteiger partial charge in [0.1, 0.15) is 0 Å². The molecule has 0 saturated carbocycles. The van der Waals surface area contributed by atoms with Crippen LogP contribution in [0.1, 0.15) is 13.3 Å². The summed E-state index contributed by atoms with van der Waals surface area (Å²) in [5.74, 6) is 5.24. The highest BCUT2D eigenvalue weighted by atomic mass is 32.1. The first-order valence-corrected chi connectivity index (χ1v) is 2.60. The first kappa shape index (κ1) is 6.85. The van der Waals surface area contributed by atoms with Crippen molar-refractivity contribution in [3.05, 3.63) is 0 Å². The summed E-state index contributed by atoms with van der Waals surface area (Å²) in [5.41, 5.74) is 0. The normalized spacial score (nSPS) is 8.43. The minimum Gasteiger partial charge on any atom is -0.308 e. The largest absolute Gasteiger partial charge is 0.308 e. The maximum absolute atomic E-state index is 5.24. The average molecular weight is 118 g/mol. The molecule has 0 aromatic heterocycles. The van der Waals surface area contributed by atoms with Crippen molar-refractivity contribution in [2.45, 2.75) is 13.3 Å². The smallest absolute Gasteiger partial charge is 0.0913 e. The molecule has 0 aromatic carbocycles. The van der Waals surface area contributed by atoms with Crippen LogP contribution in [-0.2, 0) is 0 Å². The first-order valence-electron chi connectivity index (χ1n) is 2.19. The maximum Gasteiger partial charge on any atom is 0.0913 e. The fourth-order valence-electron chi connectivity index (χ4n) is 0.249. The summed E-state index contributed by atoms with van der Waals surface area (Å²) in [7, 11) is 1.74. The highest BCUT2D eigenvalue weighted by molar-refractivity contribution is 7.80. The van der Waals surface area contributed by atoms with E-state index in [1.54, 1.807) is 7.05 Å². The highest BCUT2D eigenvalue weighted by Gasteiger charge is 1.90. The van der Waals surface area contributed by atoms with Crippen molar-refractivity contribution in [2.24, 2.45) is 5.84 Å². The van der Waals surface area contributed by atoms with Gasteiger partial charge in [0.25, 0.3) is 0 Å². The van der Waals surface area contributed by atoms with Gasteiger partial charge in [0, 0.05) is 7.05 Å². The number of nitrogens with zero attached hydrogens (tertiary/aromatic N) is 1. The van der Waals surface area contributed by atoms with Crippen LogP contribution in [0.25, 0.3) is 0 Å². The van der Waals surface area contributed by atoms with Gasteiger partial charge < -0.3 is 5.01 Å². The lowest BCUT2D eigenvalue weighted by Gasteiger charge is -2.09. The molecular formula is C4H10N2S. The first-order chi connectivity index (χ1) is 3.18. The molecule has 0 heterocycles. The number of thiocarbonyl (C=S) groups is 1. The van der Waals surface area contributed by atoms with Gasteiger partial charge in [-0.1, -0.05) is 19.1 Å². The number of hydrogen-bond acceptors (Lipinski definition) is 2. The summed E-state index contributed by atoms with van der Waals surface area (Å²) in [6, 6.07) is 0. The maximum atomic E-state index is 5.24. The topological polar surface area (TPSA) is 29.3 Å². The van der Waals surface area contributed by atoms with Gasteiger partial charge in [-0.2, -0.15) is 0 Å². The molecule has 0 aliphatic rings. The molecule has 2 N–H and O–H groups in total. The third-order valence-corrected chi connectivity index (χ3v) is 1.27. The zero-order valence-corrected chi connectivity index (χ0v) is 5.46. The Morgan fingerprint density at radius 1 is 1.86 bits per heavy atom. The van der Waals surface area contributed by atoms with Gasteiger partial charge >= 0.3 is 0 Å².